The lowest BCUT2D eigenvalue weighted by atomic mass is 9.88. The van der Waals surface area contributed by atoms with Crippen molar-refractivity contribution in [1.29, 1.82) is 0 Å². The average Bonchev–Trinajstić information content (AvgIpc) is 3.19. The second-order valence-corrected chi connectivity index (χ2v) is 7.14. The minimum atomic E-state index is -1.11. The van der Waals surface area contributed by atoms with Crippen LogP contribution >= 0.6 is 22.4 Å². The van der Waals surface area contributed by atoms with Crippen LogP contribution in [0.2, 0.25) is 0 Å². The van der Waals surface area contributed by atoms with Crippen LogP contribution in [0.5, 0.6) is 0 Å². The number of piperidine rings is 1. The Balaban J connectivity index is 0.000000807. The number of halogens is 1. The van der Waals surface area contributed by atoms with Crippen LogP contribution in [0.15, 0.2) is 58.8 Å². The molecule has 6 nitrogen and oxygen atoms in total. The van der Waals surface area contributed by atoms with Crippen molar-refractivity contribution in [3.8, 4) is 0 Å². The molecular weight excluding hydrogens is 504 g/mol. The van der Waals surface area contributed by atoms with Crippen LogP contribution < -0.4 is 11.5 Å². The lowest BCUT2D eigenvalue weighted by molar-refractivity contribution is -0.133. The van der Waals surface area contributed by atoms with Crippen LogP contribution in [-0.2, 0) is 11.2 Å². The first-order valence-corrected chi connectivity index (χ1v) is 11.5. The number of carbonyl (C=O) groups is 1. The largest absolute Gasteiger partial charge is 0.456 e. The van der Waals surface area contributed by atoms with Crippen LogP contribution in [-0.4, -0.2) is 40.3 Å². The molecule has 2 radical (unpaired) electrons. The van der Waals surface area contributed by atoms with Gasteiger partial charge in [0.25, 0.3) is 0 Å². The summed E-state index contributed by atoms with van der Waals surface area (Å²) < 4.78 is 5.83. The molecule has 0 unspecified atom stereocenters. The smallest absolute Gasteiger partial charge is 0.226 e. The highest BCUT2D eigenvalue weighted by atomic mass is 127. The summed E-state index contributed by atoms with van der Waals surface area (Å²) in [6.45, 7) is 4.92. The number of likely N-dealkylation sites (tertiary alicyclic amines) is 1. The standard InChI is InChI=1S/C21H23N3O3.C2H6.BI/c22-13-19(23)21(26)7-9-24(10-8-21)20(25)12-14-5-6-18-16(11-14)15-3-1-2-4-17(15)27-18;2*1-2/h1-6,11,13,26H,7-10,12,22-23H2;1-2H3;/b19-13-;;. The van der Waals surface area contributed by atoms with Gasteiger partial charge in [0, 0.05) is 30.1 Å². The third-order valence-electron chi connectivity index (χ3n) is 5.46. The lowest BCUT2D eigenvalue weighted by Crippen LogP contribution is -2.49. The average molecular weight is 533 g/mol. The molecule has 1 fully saturated rings. The fourth-order valence-corrected chi connectivity index (χ4v) is 3.74. The van der Waals surface area contributed by atoms with Crippen molar-refractivity contribution in [2.75, 3.05) is 13.1 Å². The second kappa shape index (κ2) is 11.4. The SMILES string of the molecule is CC.N/C=C(\N)C1(O)CCN(C(=O)Cc2ccc3oc4ccccc4c3c2)CC1.[B]I. The number of fused-ring (bicyclic) bond motifs is 3. The summed E-state index contributed by atoms with van der Waals surface area (Å²) in [6.07, 6.45) is 2.34. The zero-order valence-electron chi connectivity index (χ0n) is 18.0. The van der Waals surface area contributed by atoms with E-state index in [1.54, 1.807) is 27.3 Å². The van der Waals surface area contributed by atoms with E-state index in [4.69, 9.17) is 15.9 Å². The van der Waals surface area contributed by atoms with Gasteiger partial charge in [0.15, 0.2) is 5.70 Å². The minimum Gasteiger partial charge on any atom is -0.456 e. The Morgan fingerprint density at radius 3 is 2.42 bits per heavy atom. The molecule has 164 valence electrons. The van der Waals surface area contributed by atoms with Crippen molar-refractivity contribution in [2.24, 2.45) is 11.5 Å². The summed E-state index contributed by atoms with van der Waals surface area (Å²) in [7, 11) is 0. The highest BCUT2D eigenvalue weighted by Gasteiger charge is 2.35. The number of para-hydroxylation sites is 1. The van der Waals surface area contributed by atoms with E-state index >= 15 is 0 Å². The highest BCUT2D eigenvalue weighted by Crippen LogP contribution is 2.30. The summed E-state index contributed by atoms with van der Waals surface area (Å²) >= 11 is 1.65. The number of furan rings is 1. The van der Waals surface area contributed by atoms with Crippen LogP contribution in [0.3, 0.4) is 0 Å². The molecule has 1 aliphatic rings. The number of hydrogen-bond acceptors (Lipinski definition) is 5. The third kappa shape index (κ3) is 5.54. The van der Waals surface area contributed by atoms with Gasteiger partial charge in [-0.3, -0.25) is 4.79 Å². The fourth-order valence-electron chi connectivity index (χ4n) is 3.74. The summed E-state index contributed by atoms with van der Waals surface area (Å²) in [5.74, 6) is 0.0412. The molecule has 1 saturated heterocycles. The predicted octanol–water partition coefficient (Wildman–Crippen LogP) is 3.77. The molecule has 2 aromatic carbocycles. The molecule has 2 heterocycles. The third-order valence-corrected chi connectivity index (χ3v) is 5.46. The zero-order valence-corrected chi connectivity index (χ0v) is 20.1. The Hall–Kier alpha value is -2.20. The Bertz CT molecular complexity index is 1040. The van der Waals surface area contributed by atoms with Crippen molar-refractivity contribution in [3.05, 3.63) is 59.9 Å². The minimum absolute atomic E-state index is 0.0412. The molecule has 0 aliphatic carbocycles. The number of carbonyl (C=O) groups excluding carboxylic acids is 1. The highest BCUT2D eigenvalue weighted by molar-refractivity contribution is 14.1. The van der Waals surface area contributed by atoms with Gasteiger partial charge in [-0.15, -0.1) is 0 Å². The zero-order chi connectivity index (χ0) is 23.0. The monoisotopic (exact) mass is 533 g/mol. The van der Waals surface area contributed by atoms with Gasteiger partial charge in [-0.05, 0) is 36.6 Å². The number of aliphatic hydroxyl groups is 1. The van der Waals surface area contributed by atoms with Crippen molar-refractivity contribution in [1.82, 2.24) is 4.90 Å². The number of hydrogen-bond donors (Lipinski definition) is 3. The molecule has 5 N–H and O–H groups in total. The number of amides is 1. The molecular formula is C23H29BIN3O3. The van der Waals surface area contributed by atoms with Gasteiger partial charge >= 0.3 is 0 Å². The lowest BCUT2D eigenvalue weighted by Gasteiger charge is -2.38. The van der Waals surface area contributed by atoms with Crippen molar-refractivity contribution < 1.29 is 14.3 Å². The van der Waals surface area contributed by atoms with E-state index in [2.05, 4.69) is 5.70 Å². The molecule has 4 rings (SSSR count). The van der Waals surface area contributed by atoms with Gasteiger partial charge in [-0.1, -0.05) is 38.1 Å². The molecule has 8 heteroatoms. The number of benzene rings is 2. The number of nitrogens with two attached hydrogens (primary N) is 2. The molecule has 3 aromatic rings. The maximum absolute atomic E-state index is 12.7. The van der Waals surface area contributed by atoms with Gasteiger partial charge in [0.1, 0.15) is 16.8 Å². The predicted molar refractivity (Wildman–Crippen MR) is 136 cm³/mol. The first kappa shape index (κ1) is 25.1. The maximum atomic E-state index is 12.7. The Morgan fingerprint density at radius 1 is 1.16 bits per heavy atom. The van der Waals surface area contributed by atoms with E-state index in [1.165, 1.54) is 6.20 Å². The van der Waals surface area contributed by atoms with Crippen molar-refractivity contribution in [3.63, 3.8) is 0 Å². The molecule has 1 amide bonds. The van der Waals surface area contributed by atoms with Gasteiger partial charge in [-0.2, -0.15) is 22.4 Å². The van der Waals surface area contributed by atoms with Gasteiger partial charge in [0.05, 0.1) is 12.1 Å². The van der Waals surface area contributed by atoms with Crippen molar-refractivity contribution >= 4 is 55.9 Å². The van der Waals surface area contributed by atoms with Crippen LogP contribution in [0.4, 0.5) is 0 Å². The molecule has 0 saturated carbocycles. The van der Waals surface area contributed by atoms with Crippen LogP contribution in [0.25, 0.3) is 21.9 Å². The molecule has 31 heavy (non-hydrogen) atoms. The molecule has 0 atom stereocenters. The van der Waals surface area contributed by atoms with E-state index in [9.17, 15) is 9.90 Å². The molecule has 0 bridgehead atoms. The van der Waals surface area contributed by atoms with Crippen LogP contribution in [0, 0.1) is 0 Å². The second-order valence-electron chi connectivity index (χ2n) is 7.14. The topological polar surface area (TPSA) is 106 Å². The Kier molecular flexibility index (Phi) is 9.24. The first-order chi connectivity index (χ1) is 15.0. The van der Waals surface area contributed by atoms with E-state index in [1.807, 2.05) is 56.3 Å². The summed E-state index contributed by atoms with van der Waals surface area (Å²) in [5, 5.41) is 12.6. The fraction of sp³-hybridized carbons (Fsp3) is 0.348. The van der Waals surface area contributed by atoms with Crippen LogP contribution in [0.1, 0.15) is 32.3 Å². The molecule has 1 aliphatic heterocycles. The normalized spacial score (nSPS) is 15.6. The van der Waals surface area contributed by atoms with E-state index in [0.29, 0.717) is 32.4 Å². The number of nitrogens with zero attached hydrogens (tertiary/aromatic N) is 1. The van der Waals surface area contributed by atoms with E-state index in [-0.39, 0.29) is 11.6 Å². The van der Waals surface area contributed by atoms with Gasteiger partial charge < -0.3 is 25.9 Å². The molecule has 1 aromatic heterocycles. The Morgan fingerprint density at radius 2 is 1.77 bits per heavy atom. The summed E-state index contributed by atoms with van der Waals surface area (Å²) in [5.41, 5.74) is 17.5. The first-order valence-electron chi connectivity index (χ1n) is 10.3. The molecule has 0 spiro atoms. The quantitative estimate of drug-likeness (QED) is 0.351. The Labute approximate surface area is 197 Å². The number of rotatable bonds is 3. The maximum Gasteiger partial charge on any atom is 0.226 e. The summed E-state index contributed by atoms with van der Waals surface area (Å²) in [4.78, 5) is 14.5. The van der Waals surface area contributed by atoms with E-state index in [0.717, 1.165) is 27.5 Å². The van der Waals surface area contributed by atoms with E-state index < -0.39 is 5.60 Å². The van der Waals surface area contributed by atoms with Crippen molar-refractivity contribution in [2.45, 2.75) is 38.7 Å². The van der Waals surface area contributed by atoms with Gasteiger partial charge in [0.2, 0.25) is 5.91 Å². The summed E-state index contributed by atoms with van der Waals surface area (Å²) in [6, 6.07) is 13.8. The van der Waals surface area contributed by atoms with Gasteiger partial charge in [-0.25, -0.2) is 0 Å².